The zero-order valence-electron chi connectivity index (χ0n) is 15.6. The third-order valence-electron chi connectivity index (χ3n) is 3.85. The minimum absolute atomic E-state index is 0.119. The van der Waals surface area contributed by atoms with Gasteiger partial charge in [-0.2, -0.15) is 4.31 Å². The van der Waals surface area contributed by atoms with Crippen molar-refractivity contribution in [2.45, 2.75) is 16.7 Å². The molecule has 0 bridgehead atoms. The number of nitrogens with zero attached hydrogens (tertiary/aromatic N) is 1. The highest BCUT2D eigenvalue weighted by atomic mass is 32.2. The highest BCUT2D eigenvalue weighted by molar-refractivity contribution is 7.99. The first-order chi connectivity index (χ1) is 12.8. The molecule has 8 heteroatoms. The van der Waals surface area contributed by atoms with Gasteiger partial charge in [0.25, 0.3) is 0 Å². The molecular weight excluding hydrogens is 384 g/mol. The van der Waals surface area contributed by atoms with Crippen LogP contribution in [0.15, 0.2) is 58.3 Å². The lowest BCUT2D eigenvalue weighted by molar-refractivity contribution is -0.121. The maximum Gasteiger partial charge on any atom is 0.243 e. The van der Waals surface area contributed by atoms with Gasteiger partial charge in [-0.3, -0.25) is 4.79 Å². The van der Waals surface area contributed by atoms with E-state index in [0.717, 1.165) is 9.20 Å². The average molecular weight is 409 g/mol. The average Bonchev–Trinajstić information content (AvgIpc) is 2.66. The number of benzene rings is 2. The van der Waals surface area contributed by atoms with Crippen LogP contribution < -0.4 is 10.1 Å². The van der Waals surface area contributed by atoms with Crippen molar-refractivity contribution in [1.29, 1.82) is 0 Å². The molecule has 1 N–H and O–H groups in total. The number of carbonyl (C=O) groups is 1. The number of carbonyl (C=O) groups excluding carboxylic acids is 1. The Labute approximate surface area is 165 Å². The predicted molar refractivity (Wildman–Crippen MR) is 108 cm³/mol. The van der Waals surface area contributed by atoms with Gasteiger partial charge in [-0.15, -0.1) is 11.8 Å². The zero-order chi connectivity index (χ0) is 19.9. The summed E-state index contributed by atoms with van der Waals surface area (Å²) in [5.41, 5.74) is 1.20. The lowest BCUT2D eigenvalue weighted by Crippen LogP contribution is -2.39. The Kier molecular flexibility index (Phi) is 7.70. The van der Waals surface area contributed by atoms with Crippen LogP contribution in [0.5, 0.6) is 5.75 Å². The summed E-state index contributed by atoms with van der Waals surface area (Å²) in [5, 5.41) is 2.75. The molecule has 2 rings (SSSR count). The van der Waals surface area contributed by atoms with E-state index >= 15 is 0 Å². The summed E-state index contributed by atoms with van der Waals surface area (Å²) < 4.78 is 31.1. The molecule has 6 nitrogen and oxygen atoms in total. The lowest BCUT2D eigenvalue weighted by atomic mass is 10.2. The van der Waals surface area contributed by atoms with Gasteiger partial charge >= 0.3 is 0 Å². The first kappa shape index (κ1) is 21.3. The lowest BCUT2D eigenvalue weighted by Gasteiger charge is -2.17. The second kappa shape index (κ2) is 9.77. The Balaban J connectivity index is 1.80. The van der Waals surface area contributed by atoms with E-state index in [4.69, 9.17) is 4.74 Å². The summed E-state index contributed by atoms with van der Waals surface area (Å²) in [7, 11) is -0.825. The first-order valence-electron chi connectivity index (χ1n) is 8.39. The van der Waals surface area contributed by atoms with Crippen LogP contribution in [0.4, 0.5) is 0 Å². The van der Waals surface area contributed by atoms with Gasteiger partial charge in [0.1, 0.15) is 5.75 Å². The zero-order valence-corrected chi connectivity index (χ0v) is 17.3. The van der Waals surface area contributed by atoms with Gasteiger partial charge in [0.15, 0.2) is 0 Å². The van der Waals surface area contributed by atoms with Gasteiger partial charge in [-0.1, -0.05) is 17.7 Å². The Bertz CT molecular complexity index is 850. The number of hydrogen-bond acceptors (Lipinski definition) is 5. The van der Waals surface area contributed by atoms with Gasteiger partial charge in [0, 0.05) is 24.2 Å². The number of methoxy groups -OCH3 is 1. The van der Waals surface area contributed by atoms with Gasteiger partial charge in [-0.25, -0.2) is 8.42 Å². The number of rotatable bonds is 9. The van der Waals surface area contributed by atoms with Gasteiger partial charge in [0.05, 0.1) is 18.6 Å². The van der Waals surface area contributed by atoms with Gasteiger partial charge in [-0.05, 0) is 43.3 Å². The number of thioether (sulfide) groups is 1. The molecule has 1 amide bonds. The molecule has 2 aromatic rings. The maximum absolute atomic E-state index is 12.5. The van der Waals surface area contributed by atoms with Crippen molar-refractivity contribution < 1.29 is 17.9 Å². The number of amides is 1. The van der Waals surface area contributed by atoms with E-state index in [9.17, 15) is 13.2 Å². The van der Waals surface area contributed by atoms with Crippen molar-refractivity contribution in [3.8, 4) is 5.75 Å². The minimum Gasteiger partial charge on any atom is -0.497 e. The Hall–Kier alpha value is -2.03. The Morgan fingerprint density at radius 2 is 1.74 bits per heavy atom. The van der Waals surface area contributed by atoms with Crippen LogP contribution in [-0.4, -0.2) is 51.6 Å². The van der Waals surface area contributed by atoms with Crippen LogP contribution in [0.25, 0.3) is 0 Å². The molecule has 0 aliphatic heterocycles. The number of aryl methyl sites for hydroxylation is 1. The molecule has 0 unspecified atom stereocenters. The number of ether oxygens (including phenoxy) is 1. The van der Waals surface area contributed by atoms with E-state index in [1.807, 2.05) is 31.2 Å². The van der Waals surface area contributed by atoms with E-state index < -0.39 is 10.0 Å². The molecule has 2 aromatic carbocycles. The third-order valence-corrected chi connectivity index (χ3v) is 6.68. The molecule has 0 atom stereocenters. The summed E-state index contributed by atoms with van der Waals surface area (Å²) in [6, 6.07) is 14.2. The summed E-state index contributed by atoms with van der Waals surface area (Å²) in [4.78, 5) is 13.3. The van der Waals surface area contributed by atoms with Gasteiger partial charge < -0.3 is 10.1 Å². The van der Waals surface area contributed by atoms with Crippen LogP contribution in [0.2, 0.25) is 0 Å². The molecule has 146 valence electrons. The molecule has 0 spiro atoms. The number of nitrogens with one attached hydrogen (secondary N) is 1. The molecule has 0 saturated heterocycles. The monoisotopic (exact) mass is 408 g/mol. The van der Waals surface area contributed by atoms with E-state index in [1.165, 1.54) is 31.9 Å². The van der Waals surface area contributed by atoms with Crippen molar-refractivity contribution in [3.63, 3.8) is 0 Å². The highest BCUT2D eigenvalue weighted by Crippen LogP contribution is 2.19. The van der Waals surface area contributed by atoms with Crippen LogP contribution in [0.3, 0.4) is 0 Å². The molecule has 0 fully saturated rings. The maximum atomic E-state index is 12.5. The second-order valence-electron chi connectivity index (χ2n) is 5.95. The third kappa shape index (κ3) is 6.27. The molecule has 0 aliphatic rings. The fraction of sp³-hybridized carbons (Fsp3) is 0.316. The van der Waals surface area contributed by atoms with Crippen LogP contribution in [-0.2, 0) is 14.8 Å². The fourth-order valence-corrected chi connectivity index (χ4v) is 4.16. The normalized spacial score (nSPS) is 11.4. The summed E-state index contributed by atoms with van der Waals surface area (Å²) >= 11 is 1.64. The Morgan fingerprint density at radius 1 is 1.11 bits per heavy atom. The number of likely N-dealkylation sites (N-methyl/N-ethyl adjacent to an activating group) is 1. The van der Waals surface area contributed by atoms with E-state index in [2.05, 4.69) is 5.32 Å². The number of hydrogen-bond donors (Lipinski definition) is 1. The van der Waals surface area contributed by atoms with Crippen molar-refractivity contribution in [3.05, 3.63) is 54.1 Å². The largest absolute Gasteiger partial charge is 0.497 e. The van der Waals surface area contributed by atoms with E-state index in [0.29, 0.717) is 18.0 Å². The van der Waals surface area contributed by atoms with Crippen LogP contribution in [0, 0.1) is 6.92 Å². The van der Waals surface area contributed by atoms with Gasteiger partial charge in [0.2, 0.25) is 15.9 Å². The topological polar surface area (TPSA) is 75.7 Å². The predicted octanol–water partition coefficient (Wildman–Crippen LogP) is 2.53. The molecule has 27 heavy (non-hydrogen) atoms. The van der Waals surface area contributed by atoms with Crippen molar-refractivity contribution in [2.75, 3.05) is 33.0 Å². The van der Waals surface area contributed by atoms with Crippen molar-refractivity contribution >= 4 is 27.7 Å². The fourth-order valence-electron chi connectivity index (χ4n) is 2.26. The smallest absolute Gasteiger partial charge is 0.243 e. The molecule has 0 saturated carbocycles. The van der Waals surface area contributed by atoms with Crippen LogP contribution >= 0.6 is 11.8 Å². The SMILES string of the molecule is COc1ccc(S(=O)(=O)N(C)CC(=O)NCCSc2ccc(C)cc2)cc1. The molecular formula is C19H24N2O4S2. The van der Waals surface area contributed by atoms with E-state index in [1.54, 1.807) is 23.9 Å². The second-order valence-corrected chi connectivity index (χ2v) is 9.16. The summed E-state index contributed by atoms with van der Waals surface area (Å²) in [6.45, 7) is 2.27. The molecule has 0 heterocycles. The van der Waals surface area contributed by atoms with E-state index in [-0.39, 0.29) is 17.3 Å². The highest BCUT2D eigenvalue weighted by Gasteiger charge is 2.22. The number of sulfonamides is 1. The quantitative estimate of drug-likeness (QED) is 0.510. The first-order valence-corrected chi connectivity index (χ1v) is 10.8. The standard InChI is InChI=1S/C19H24N2O4S2/c1-15-4-8-17(9-5-15)26-13-12-20-19(22)14-21(2)27(23,24)18-10-6-16(25-3)7-11-18/h4-11H,12-14H2,1-3H3,(H,20,22). The summed E-state index contributed by atoms with van der Waals surface area (Å²) in [5.74, 6) is 0.948. The summed E-state index contributed by atoms with van der Waals surface area (Å²) in [6.07, 6.45) is 0. The molecule has 0 radical (unpaired) electrons. The molecule has 0 aromatic heterocycles. The Morgan fingerprint density at radius 3 is 2.33 bits per heavy atom. The molecule has 0 aliphatic carbocycles. The van der Waals surface area contributed by atoms with Crippen molar-refractivity contribution in [1.82, 2.24) is 9.62 Å². The van der Waals surface area contributed by atoms with Crippen molar-refractivity contribution in [2.24, 2.45) is 0 Å². The minimum atomic E-state index is -3.72. The van der Waals surface area contributed by atoms with Crippen LogP contribution in [0.1, 0.15) is 5.56 Å².